The Kier molecular flexibility index (Phi) is 7.49. The zero-order valence-corrected chi connectivity index (χ0v) is 23.8. The Labute approximate surface area is 233 Å². The van der Waals surface area contributed by atoms with Crippen molar-refractivity contribution >= 4 is 10.9 Å². The van der Waals surface area contributed by atoms with Crippen LogP contribution in [0.25, 0.3) is 10.9 Å². The number of aromatic nitrogens is 6. The topological polar surface area (TPSA) is 102 Å². The molecule has 0 aliphatic rings. The number of hydrogen-bond donors (Lipinski definition) is 1. The van der Waals surface area contributed by atoms with Gasteiger partial charge in [0.15, 0.2) is 5.82 Å². The van der Waals surface area contributed by atoms with Gasteiger partial charge in [-0.2, -0.15) is 0 Å². The summed E-state index contributed by atoms with van der Waals surface area (Å²) in [6, 6.07) is 17.5. The van der Waals surface area contributed by atoms with E-state index in [-0.39, 0.29) is 5.56 Å². The van der Waals surface area contributed by atoms with E-state index >= 15 is 0 Å². The first kappa shape index (κ1) is 27.2. The molecule has 0 unspecified atom stereocenters. The third-order valence-electron chi connectivity index (χ3n) is 7.17. The lowest BCUT2D eigenvalue weighted by atomic mass is 9.99. The van der Waals surface area contributed by atoms with Crippen molar-refractivity contribution in [3.63, 3.8) is 0 Å². The van der Waals surface area contributed by atoms with Crippen molar-refractivity contribution in [2.24, 2.45) is 0 Å². The van der Waals surface area contributed by atoms with Crippen LogP contribution in [0.2, 0.25) is 0 Å². The van der Waals surface area contributed by atoms with Gasteiger partial charge < -0.3 is 9.72 Å². The summed E-state index contributed by atoms with van der Waals surface area (Å²) in [5.74, 6) is 1.38. The van der Waals surface area contributed by atoms with Crippen molar-refractivity contribution in [1.82, 2.24) is 35.1 Å². The molecule has 0 spiro atoms. The molecule has 0 bridgehead atoms. The number of methoxy groups -OCH3 is 1. The predicted molar refractivity (Wildman–Crippen MR) is 155 cm³/mol. The number of nitrogens with zero attached hydrogens (tertiary/aromatic N) is 6. The largest absolute Gasteiger partial charge is 0.497 e. The molecule has 206 valence electrons. The number of benzene rings is 2. The number of nitrogens with one attached hydrogen (secondary N) is 1. The average molecular weight is 538 g/mol. The lowest BCUT2D eigenvalue weighted by molar-refractivity contribution is 0.184. The van der Waals surface area contributed by atoms with Gasteiger partial charge in [-0.1, -0.05) is 18.2 Å². The van der Waals surface area contributed by atoms with Gasteiger partial charge in [0.05, 0.1) is 12.6 Å². The second-order valence-electron chi connectivity index (χ2n) is 11.2. The molecule has 9 heteroatoms. The minimum absolute atomic E-state index is 0.171. The van der Waals surface area contributed by atoms with Gasteiger partial charge in [-0.05, 0) is 109 Å². The van der Waals surface area contributed by atoms with E-state index in [4.69, 9.17) is 4.74 Å². The molecule has 9 nitrogen and oxygen atoms in total. The minimum atomic E-state index is -0.550. The molecule has 1 atom stereocenters. The highest BCUT2D eigenvalue weighted by atomic mass is 16.5. The van der Waals surface area contributed by atoms with Crippen molar-refractivity contribution in [1.29, 1.82) is 0 Å². The Morgan fingerprint density at radius 2 is 1.73 bits per heavy atom. The van der Waals surface area contributed by atoms with Gasteiger partial charge in [-0.25, -0.2) is 4.68 Å². The van der Waals surface area contributed by atoms with E-state index in [2.05, 4.69) is 64.2 Å². The van der Waals surface area contributed by atoms with Gasteiger partial charge in [0.2, 0.25) is 0 Å². The van der Waals surface area contributed by atoms with Crippen LogP contribution in [-0.2, 0) is 18.6 Å². The van der Waals surface area contributed by atoms with Crippen molar-refractivity contribution in [2.45, 2.75) is 59.3 Å². The fourth-order valence-electron chi connectivity index (χ4n) is 4.97. The van der Waals surface area contributed by atoms with E-state index < -0.39 is 11.6 Å². The molecule has 0 aliphatic heterocycles. The molecule has 40 heavy (non-hydrogen) atoms. The summed E-state index contributed by atoms with van der Waals surface area (Å²) in [7, 11) is 1.65. The third-order valence-corrected chi connectivity index (χ3v) is 7.17. The van der Waals surface area contributed by atoms with Crippen LogP contribution < -0.4 is 10.3 Å². The van der Waals surface area contributed by atoms with Crippen LogP contribution in [0.3, 0.4) is 0 Å². The molecule has 0 fully saturated rings. The van der Waals surface area contributed by atoms with Crippen LogP contribution >= 0.6 is 0 Å². The van der Waals surface area contributed by atoms with Gasteiger partial charge in [-0.15, -0.1) is 5.10 Å². The number of rotatable bonds is 8. The Morgan fingerprint density at radius 3 is 2.40 bits per heavy atom. The van der Waals surface area contributed by atoms with Crippen LogP contribution in [0.4, 0.5) is 0 Å². The Balaban J connectivity index is 1.72. The zero-order chi connectivity index (χ0) is 28.4. The second kappa shape index (κ2) is 11.0. The van der Waals surface area contributed by atoms with Crippen LogP contribution in [0.5, 0.6) is 5.75 Å². The molecule has 1 N–H and O–H groups in total. The lowest BCUT2D eigenvalue weighted by Gasteiger charge is -2.33. The molecule has 0 saturated heterocycles. The maximum Gasteiger partial charge on any atom is 0.253 e. The highest BCUT2D eigenvalue weighted by Crippen LogP contribution is 2.32. The van der Waals surface area contributed by atoms with Gasteiger partial charge >= 0.3 is 0 Å². The number of tetrazole rings is 1. The van der Waals surface area contributed by atoms with Crippen LogP contribution in [0.15, 0.2) is 71.8 Å². The molecule has 3 aromatic heterocycles. The number of hydrogen-bond acceptors (Lipinski definition) is 7. The maximum absolute atomic E-state index is 13.8. The summed E-state index contributed by atoms with van der Waals surface area (Å²) in [6.07, 6.45) is 3.61. The molecule has 3 heterocycles. The molecular weight excluding hydrogens is 502 g/mol. The van der Waals surface area contributed by atoms with E-state index in [0.717, 1.165) is 38.9 Å². The maximum atomic E-state index is 13.8. The molecule has 0 amide bonds. The Bertz CT molecular complexity index is 1670. The van der Waals surface area contributed by atoms with Crippen molar-refractivity contribution in [2.75, 3.05) is 7.11 Å². The minimum Gasteiger partial charge on any atom is -0.497 e. The van der Waals surface area contributed by atoms with E-state index in [1.807, 2.05) is 66.3 Å². The quantitative estimate of drug-likeness (QED) is 0.294. The zero-order valence-electron chi connectivity index (χ0n) is 23.8. The smallest absolute Gasteiger partial charge is 0.253 e. The third kappa shape index (κ3) is 5.65. The molecular formula is C31H35N7O2. The van der Waals surface area contributed by atoms with Gasteiger partial charge in [0.1, 0.15) is 11.8 Å². The Morgan fingerprint density at radius 1 is 1.00 bits per heavy atom. The summed E-state index contributed by atoms with van der Waals surface area (Å²) in [6.45, 7) is 11.3. The molecule has 0 radical (unpaired) electrons. The standard InChI is InChI=1S/C31H35N7O2/c1-20-14-24-16-26(30(39)33-27(24)15-21(20)2)28(29-34-35-36-38(29)31(3,4)5)37(19-23-8-7-13-32-17-23)18-22-9-11-25(40-6)12-10-22/h7-17,28H,18-19H2,1-6H3,(H,33,39)/t28-/m1/s1. The summed E-state index contributed by atoms with van der Waals surface area (Å²) < 4.78 is 7.19. The van der Waals surface area contributed by atoms with E-state index in [9.17, 15) is 4.79 Å². The lowest BCUT2D eigenvalue weighted by Crippen LogP contribution is -2.37. The first-order chi connectivity index (χ1) is 19.1. The monoisotopic (exact) mass is 537 g/mol. The average Bonchev–Trinajstić information content (AvgIpc) is 3.42. The van der Waals surface area contributed by atoms with Crippen molar-refractivity contribution in [3.8, 4) is 5.75 Å². The highest BCUT2D eigenvalue weighted by molar-refractivity contribution is 5.81. The number of pyridine rings is 2. The van der Waals surface area contributed by atoms with Crippen LogP contribution in [0.1, 0.15) is 60.5 Å². The van der Waals surface area contributed by atoms with E-state index in [0.29, 0.717) is 24.5 Å². The predicted octanol–water partition coefficient (Wildman–Crippen LogP) is 5.08. The number of ether oxygens (including phenoxy) is 1. The first-order valence-electron chi connectivity index (χ1n) is 13.3. The number of aromatic amines is 1. The van der Waals surface area contributed by atoms with Crippen molar-refractivity contribution in [3.05, 3.63) is 111 Å². The number of fused-ring (bicyclic) bond motifs is 1. The molecule has 5 aromatic rings. The van der Waals surface area contributed by atoms with Crippen LogP contribution in [-0.4, -0.2) is 42.2 Å². The molecule has 2 aromatic carbocycles. The summed E-state index contributed by atoms with van der Waals surface area (Å²) >= 11 is 0. The van der Waals surface area contributed by atoms with Gasteiger partial charge in [0, 0.05) is 36.6 Å². The molecule has 0 saturated carbocycles. The fourth-order valence-corrected chi connectivity index (χ4v) is 4.97. The normalized spacial score (nSPS) is 12.7. The Hall–Kier alpha value is -4.37. The van der Waals surface area contributed by atoms with Gasteiger partial charge in [-0.3, -0.25) is 14.7 Å². The second-order valence-corrected chi connectivity index (χ2v) is 11.2. The van der Waals surface area contributed by atoms with E-state index in [1.54, 1.807) is 13.3 Å². The first-order valence-corrected chi connectivity index (χ1v) is 13.3. The van der Waals surface area contributed by atoms with Crippen LogP contribution in [0, 0.1) is 13.8 Å². The summed E-state index contributed by atoms with van der Waals surface area (Å²) in [5.41, 5.74) is 5.17. The molecule has 5 rings (SSSR count). The van der Waals surface area contributed by atoms with Crippen molar-refractivity contribution < 1.29 is 4.74 Å². The number of aryl methyl sites for hydroxylation is 2. The fraction of sp³-hybridized carbons (Fsp3) is 0.323. The highest BCUT2D eigenvalue weighted by Gasteiger charge is 2.33. The van der Waals surface area contributed by atoms with E-state index in [1.165, 1.54) is 0 Å². The number of H-pyrrole nitrogens is 1. The molecule has 0 aliphatic carbocycles. The summed E-state index contributed by atoms with van der Waals surface area (Å²) in [4.78, 5) is 23.5. The van der Waals surface area contributed by atoms with Gasteiger partial charge in [0.25, 0.3) is 5.56 Å². The summed E-state index contributed by atoms with van der Waals surface area (Å²) in [5, 5.41) is 13.9. The SMILES string of the molecule is COc1ccc(CN(Cc2cccnc2)[C@H](c2cc3cc(C)c(C)cc3[nH]c2=O)c2nnnn2C(C)(C)C)cc1.